The first kappa shape index (κ1) is 23.6. The zero-order valence-electron chi connectivity index (χ0n) is 17.9. The molecular weight excluding hydrogens is 448 g/mol. The summed E-state index contributed by atoms with van der Waals surface area (Å²) in [5.41, 5.74) is 2.10. The number of amides is 1. The summed E-state index contributed by atoms with van der Waals surface area (Å²) < 4.78 is 33.5. The third-order valence-electron chi connectivity index (χ3n) is 4.73. The fourth-order valence-electron chi connectivity index (χ4n) is 3.16. The molecule has 3 aromatic carbocycles. The molecule has 0 heterocycles. The second-order valence-corrected chi connectivity index (χ2v) is 9.42. The highest BCUT2D eigenvalue weighted by Gasteiger charge is 2.27. The highest BCUT2D eigenvalue weighted by atomic mass is 35.5. The van der Waals surface area contributed by atoms with Gasteiger partial charge in [0.05, 0.1) is 17.2 Å². The normalized spacial score (nSPS) is 11.1. The number of benzene rings is 3. The standard InChI is InChI=1S/C24H25ClN2O4S/c1-3-31-23-10-5-4-8-19(23)16-26-24(28)17-27(21-9-6-7-18(2)15-21)32(29,30)22-13-11-20(25)12-14-22/h4-15H,3,16-17H2,1-2H3,(H,26,28). The van der Waals surface area contributed by atoms with Crippen LogP contribution in [-0.4, -0.2) is 27.5 Å². The molecule has 3 aromatic rings. The number of anilines is 1. The van der Waals surface area contributed by atoms with Crippen LogP contribution in [0, 0.1) is 6.92 Å². The first-order valence-electron chi connectivity index (χ1n) is 10.1. The number of para-hydroxylation sites is 1. The highest BCUT2D eigenvalue weighted by Crippen LogP contribution is 2.25. The molecule has 0 aromatic heterocycles. The molecule has 1 N–H and O–H groups in total. The van der Waals surface area contributed by atoms with E-state index < -0.39 is 15.9 Å². The number of hydrogen-bond donors (Lipinski definition) is 1. The molecule has 0 spiro atoms. The van der Waals surface area contributed by atoms with Gasteiger partial charge in [-0.15, -0.1) is 0 Å². The minimum absolute atomic E-state index is 0.0536. The lowest BCUT2D eigenvalue weighted by Gasteiger charge is -2.24. The molecule has 0 aliphatic rings. The van der Waals surface area contributed by atoms with Crippen LogP contribution in [0.4, 0.5) is 5.69 Å². The van der Waals surface area contributed by atoms with E-state index in [0.29, 0.717) is 23.1 Å². The fraction of sp³-hybridized carbons (Fsp3) is 0.208. The molecule has 6 nitrogen and oxygen atoms in total. The van der Waals surface area contributed by atoms with Gasteiger partial charge >= 0.3 is 0 Å². The number of halogens is 1. The van der Waals surface area contributed by atoms with Gasteiger partial charge in [0.15, 0.2) is 0 Å². The maximum atomic E-state index is 13.4. The quantitative estimate of drug-likeness (QED) is 0.495. The van der Waals surface area contributed by atoms with Gasteiger partial charge in [-0.1, -0.05) is 41.9 Å². The van der Waals surface area contributed by atoms with Crippen molar-refractivity contribution in [1.82, 2.24) is 5.32 Å². The Hall–Kier alpha value is -3.03. The minimum Gasteiger partial charge on any atom is -0.494 e. The Morgan fingerprint density at radius 2 is 1.75 bits per heavy atom. The summed E-state index contributed by atoms with van der Waals surface area (Å²) in [6, 6.07) is 20.3. The van der Waals surface area contributed by atoms with Crippen molar-refractivity contribution in [2.24, 2.45) is 0 Å². The van der Waals surface area contributed by atoms with Crippen molar-refractivity contribution in [1.29, 1.82) is 0 Å². The van der Waals surface area contributed by atoms with Gasteiger partial charge in [0.2, 0.25) is 5.91 Å². The average Bonchev–Trinajstić information content (AvgIpc) is 2.77. The van der Waals surface area contributed by atoms with Crippen LogP contribution in [0.5, 0.6) is 5.75 Å². The molecule has 32 heavy (non-hydrogen) atoms. The van der Waals surface area contributed by atoms with Crippen molar-refractivity contribution in [2.75, 3.05) is 17.5 Å². The molecule has 0 unspecified atom stereocenters. The second-order valence-electron chi connectivity index (χ2n) is 7.12. The van der Waals surface area contributed by atoms with Crippen LogP contribution in [0.1, 0.15) is 18.1 Å². The molecule has 1 amide bonds. The molecular formula is C24H25ClN2O4S. The summed E-state index contributed by atoms with van der Waals surface area (Å²) in [5.74, 6) is 0.245. The van der Waals surface area contributed by atoms with Crippen LogP contribution >= 0.6 is 11.6 Å². The van der Waals surface area contributed by atoms with Gasteiger partial charge in [-0.2, -0.15) is 0 Å². The topological polar surface area (TPSA) is 75.7 Å². The molecule has 0 fully saturated rings. The van der Waals surface area contributed by atoms with Crippen LogP contribution in [0.2, 0.25) is 5.02 Å². The number of carbonyl (C=O) groups is 1. The summed E-state index contributed by atoms with van der Waals surface area (Å²) in [5, 5.41) is 3.23. The summed E-state index contributed by atoms with van der Waals surface area (Å²) >= 11 is 5.92. The van der Waals surface area contributed by atoms with Crippen molar-refractivity contribution in [3.05, 3.63) is 88.9 Å². The van der Waals surface area contributed by atoms with Gasteiger partial charge in [0.1, 0.15) is 12.3 Å². The molecule has 8 heteroatoms. The Kier molecular flexibility index (Phi) is 7.77. The van der Waals surface area contributed by atoms with Gasteiger partial charge < -0.3 is 10.1 Å². The van der Waals surface area contributed by atoms with E-state index in [-0.39, 0.29) is 18.0 Å². The van der Waals surface area contributed by atoms with Crippen LogP contribution in [-0.2, 0) is 21.4 Å². The summed E-state index contributed by atoms with van der Waals surface area (Å²) in [4.78, 5) is 12.9. The first-order valence-corrected chi connectivity index (χ1v) is 12.0. The Labute approximate surface area is 193 Å². The Bertz CT molecular complexity index is 1180. The first-order chi connectivity index (χ1) is 15.3. The van der Waals surface area contributed by atoms with Gasteiger partial charge in [-0.25, -0.2) is 8.42 Å². The third kappa shape index (κ3) is 5.81. The SMILES string of the molecule is CCOc1ccccc1CNC(=O)CN(c1cccc(C)c1)S(=O)(=O)c1ccc(Cl)cc1. The molecule has 0 saturated heterocycles. The summed E-state index contributed by atoms with van der Waals surface area (Å²) in [6.07, 6.45) is 0. The lowest BCUT2D eigenvalue weighted by atomic mass is 10.2. The zero-order valence-corrected chi connectivity index (χ0v) is 19.5. The van der Waals surface area contributed by atoms with Crippen molar-refractivity contribution in [2.45, 2.75) is 25.3 Å². The molecule has 168 valence electrons. The smallest absolute Gasteiger partial charge is 0.264 e. The maximum Gasteiger partial charge on any atom is 0.264 e. The van der Waals surface area contributed by atoms with Gasteiger partial charge in [0.25, 0.3) is 10.0 Å². The van der Waals surface area contributed by atoms with E-state index in [9.17, 15) is 13.2 Å². The Balaban J connectivity index is 1.85. The van der Waals surface area contributed by atoms with Crippen molar-refractivity contribution < 1.29 is 17.9 Å². The van der Waals surface area contributed by atoms with Crippen molar-refractivity contribution >= 4 is 33.2 Å². The van der Waals surface area contributed by atoms with Gasteiger partial charge in [-0.3, -0.25) is 9.10 Å². The van der Waals surface area contributed by atoms with E-state index >= 15 is 0 Å². The van der Waals surface area contributed by atoms with E-state index in [2.05, 4.69) is 5.32 Å². The molecule has 0 aliphatic heterocycles. The van der Waals surface area contributed by atoms with Crippen LogP contribution in [0.3, 0.4) is 0 Å². The number of nitrogens with zero attached hydrogens (tertiary/aromatic N) is 1. The van der Waals surface area contributed by atoms with Crippen LogP contribution in [0.25, 0.3) is 0 Å². The lowest BCUT2D eigenvalue weighted by Crippen LogP contribution is -2.40. The molecule has 0 atom stereocenters. The number of hydrogen-bond acceptors (Lipinski definition) is 4. The summed E-state index contributed by atoms with van der Waals surface area (Å²) in [6.45, 7) is 4.10. The molecule has 0 radical (unpaired) electrons. The van der Waals surface area contributed by atoms with Gasteiger partial charge in [-0.05, 0) is 61.9 Å². The van der Waals surface area contributed by atoms with Crippen molar-refractivity contribution in [3.63, 3.8) is 0 Å². The van der Waals surface area contributed by atoms with Crippen molar-refractivity contribution in [3.8, 4) is 5.75 Å². The Morgan fingerprint density at radius 1 is 1.03 bits per heavy atom. The number of sulfonamides is 1. The van der Waals surface area contributed by atoms with E-state index in [4.69, 9.17) is 16.3 Å². The molecule has 0 aliphatic carbocycles. The monoisotopic (exact) mass is 472 g/mol. The van der Waals surface area contributed by atoms with E-state index in [1.54, 1.807) is 18.2 Å². The van der Waals surface area contributed by atoms with E-state index in [1.807, 2.05) is 44.2 Å². The fourth-order valence-corrected chi connectivity index (χ4v) is 4.70. The third-order valence-corrected chi connectivity index (χ3v) is 6.77. The average molecular weight is 473 g/mol. The van der Waals surface area contributed by atoms with Crippen LogP contribution < -0.4 is 14.4 Å². The number of rotatable bonds is 9. The zero-order chi connectivity index (χ0) is 23.1. The number of carbonyl (C=O) groups excluding carboxylic acids is 1. The summed E-state index contributed by atoms with van der Waals surface area (Å²) in [7, 11) is -3.99. The predicted octanol–water partition coefficient (Wildman–Crippen LogP) is 4.56. The van der Waals surface area contributed by atoms with E-state index in [0.717, 1.165) is 15.4 Å². The van der Waals surface area contributed by atoms with Gasteiger partial charge in [0, 0.05) is 17.1 Å². The lowest BCUT2D eigenvalue weighted by molar-refractivity contribution is -0.119. The van der Waals surface area contributed by atoms with Crippen LogP contribution in [0.15, 0.2) is 77.7 Å². The maximum absolute atomic E-state index is 13.4. The highest BCUT2D eigenvalue weighted by molar-refractivity contribution is 7.92. The number of ether oxygens (including phenoxy) is 1. The minimum atomic E-state index is -3.99. The van der Waals surface area contributed by atoms with E-state index in [1.165, 1.54) is 24.3 Å². The molecule has 0 bridgehead atoms. The molecule has 0 saturated carbocycles. The predicted molar refractivity (Wildman–Crippen MR) is 127 cm³/mol. The largest absolute Gasteiger partial charge is 0.494 e. The Morgan fingerprint density at radius 3 is 2.44 bits per heavy atom. The number of nitrogens with one attached hydrogen (secondary N) is 1. The second kappa shape index (κ2) is 10.5. The molecule has 3 rings (SSSR count). The number of aryl methyl sites for hydroxylation is 1.